The maximum absolute atomic E-state index is 12.1. The number of hydrogen-bond acceptors (Lipinski definition) is 3. The Morgan fingerprint density at radius 1 is 1.35 bits per heavy atom. The van der Waals surface area contributed by atoms with Crippen LogP contribution in [-0.2, 0) is 16.0 Å². The van der Waals surface area contributed by atoms with Crippen molar-refractivity contribution in [2.45, 2.75) is 44.7 Å². The first-order valence-corrected chi connectivity index (χ1v) is 6.73. The first kappa shape index (κ1) is 16.2. The van der Waals surface area contributed by atoms with Gasteiger partial charge in [-0.05, 0) is 18.9 Å². The molecule has 1 amide bonds. The van der Waals surface area contributed by atoms with Crippen molar-refractivity contribution in [1.29, 1.82) is 0 Å². The molecule has 4 N–H and O–H groups in total. The van der Waals surface area contributed by atoms with Gasteiger partial charge in [0.1, 0.15) is 6.04 Å². The third-order valence-corrected chi connectivity index (χ3v) is 3.17. The highest BCUT2D eigenvalue weighted by Gasteiger charge is 2.31. The number of hydrogen-bond donors (Lipinski definition) is 3. The molecule has 0 aliphatic heterocycles. The van der Waals surface area contributed by atoms with Gasteiger partial charge in [-0.2, -0.15) is 0 Å². The van der Waals surface area contributed by atoms with E-state index in [1.807, 2.05) is 37.3 Å². The summed E-state index contributed by atoms with van der Waals surface area (Å²) in [6.07, 6.45) is 1.51. The van der Waals surface area contributed by atoms with Gasteiger partial charge in [-0.3, -0.25) is 4.79 Å². The van der Waals surface area contributed by atoms with E-state index in [4.69, 9.17) is 5.73 Å². The lowest BCUT2D eigenvalue weighted by atomic mass is 9.95. The minimum atomic E-state index is -1.06. The van der Waals surface area contributed by atoms with Crippen molar-refractivity contribution in [1.82, 2.24) is 5.32 Å². The second kappa shape index (κ2) is 7.05. The summed E-state index contributed by atoms with van der Waals surface area (Å²) in [6, 6.07) is 8.21. The molecular formula is C15H22N2O3. The van der Waals surface area contributed by atoms with Crippen LogP contribution in [-0.4, -0.2) is 28.6 Å². The number of rotatable bonds is 7. The Kier molecular flexibility index (Phi) is 5.70. The molecule has 0 fully saturated rings. The van der Waals surface area contributed by atoms with E-state index in [1.54, 1.807) is 6.92 Å². The van der Waals surface area contributed by atoms with Crippen LogP contribution in [0, 0.1) is 0 Å². The van der Waals surface area contributed by atoms with Gasteiger partial charge in [0.25, 0.3) is 0 Å². The van der Waals surface area contributed by atoms with Crippen LogP contribution in [0.2, 0.25) is 0 Å². The number of carbonyl (C=O) groups excluding carboxylic acids is 1. The Morgan fingerprint density at radius 3 is 2.45 bits per heavy atom. The number of amides is 1. The SMILES string of the molecule is CCCC(C)(N)C(=O)N[C@H](Cc1ccccc1)C(=O)O. The molecule has 5 nitrogen and oxygen atoms in total. The lowest BCUT2D eigenvalue weighted by Gasteiger charge is -2.25. The van der Waals surface area contributed by atoms with E-state index < -0.39 is 23.5 Å². The molecule has 0 saturated heterocycles. The number of benzene rings is 1. The van der Waals surface area contributed by atoms with Crippen LogP contribution in [0.25, 0.3) is 0 Å². The van der Waals surface area contributed by atoms with Gasteiger partial charge in [0, 0.05) is 6.42 Å². The maximum Gasteiger partial charge on any atom is 0.326 e. The fraction of sp³-hybridized carbons (Fsp3) is 0.467. The van der Waals surface area contributed by atoms with Crippen LogP contribution in [0.3, 0.4) is 0 Å². The second-order valence-corrected chi connectivity index (χ2v) is 5.22. The first-order chi connectivity index (χ1) is 9.36. The van der Waals surface area contributed by atoms with Crippen LogP contribution in [0.4, 0.5) is 0 Å². The third-order valence-electron chi connectivity index (χ3n) is 3.17. The highest BCUT2D eigenvalue weighted by atomic mass is 16.4. The minimum Gasteiger partial charge on any atom is -0.480 e. The molecule has 0 radical (unpaired) electrons. The minimum absolute atomic E-state index is 0.240. The van der Waals surface area contributed by atoms with Gasteiger partial charge in [0.05, 0.1) is 5.54 Å². The molecule has 110 valence electrons. The summed E-state index contributed by atoms with van der Waals surface area (Å²) < 4.78 is 0. The average molecular weight is 278 g/mol. The van der Waals surface area contributed by atoms with E-state index in [2.05, 4.69) is 5.32 Å². The molecule has 0 bridgehead atoms. The predicted octanol–water partition coefficient (Wildman–Crippen LogP) is 1.32. The zero-order chi connectivity index (χ0) is 15.2. The molecule has 0 heterocycles. The Morgan fingerprint density at radius 2 is 1.95 bits per heavy atom. The summed E-state index contributed by atoms with van der Waals surface area (Å²) in [5.41, 5.74) is 5.72. The topological polar surface area (TPSA) is 92.4 Å². The van der Waals surface area contributed by atoms with E-state index in [-0.39, 0.29) is 6.42 Å². The van der Waals surface area contributed by atoms with Crippen LogP contribution in [0.1, 0.15) is 32.3 Å². The van der Waals surface area contributed by atoms with Gasteiger partial charge in [-0.25, -0.2) is 4.79 Å². The van der Waals surface area contributed by atoms with E-state index >= 15 is 0 Å². The number of nitrogens with one attached hydrogen (secondary N) is 1. The summed E-state index contributed by atoms with van der Waals surface area (Å²) in [5, 5.41) is 11.8. The molecule has 1 aromatic carbocycles. The van der Waals surface area contributed by atoms with Crippen molar-refractivity contribution in [3.8, 4) is 0 Å². The van der Waals surface area contributed by atoms with Crippen molar-refractivity contribution in [3.05, 3.63) is 35.9 Å². The second-order valence-electron chi connectivity index (χ2n) is 5.22. The van der Waals surface area contributed by atoms with Crippen molar-refractivity contribution in [2.75, 3.05) is 0 Å². The van der Waals surface area contributed by atoms with Crippen molar-refractivity contribution < 1.29 is 14.7 Å². The normalized spacial score (nSPS) is 15.2. The zero-order valence-corrected chi connectivity index (χ0v) is 11.9. The van der Waals surface area contributed by atoms with E-state index in [0.29, 0.717) is 6.42 Å². The van der Waals surface area contributed by atoms with Crippen molar-refractivity contribution >= 4 is 11.9 Å². The molecule has 0 aliphatic carbocycles. The summed E-state index contributed by atoms with van der Waals surface area (Å²) in [6.45, 7) is 3.55. The van der Waals surface area contributed by atoms with Crippen LogP contribution in [0.15, 0.2) is 30.3 Å². The molecule has 0 aliphatic rings. The number of aliphatic carboxylic acids is 1. The lowest BCUT2D eigenvalue weighted by molar-refractivity contribution is -0.142. The molecule has 0 spiro atoms. The Hall–Kier alpha value is -1.88. The summed E-state index contributed by atoms with van der Waals surface area (Å²) >= 11 is 0. The van der Waals surface area contributed by atoms with E-state index in [9.17, 15) is 14.7 Å². The molecule has 5 heteroatoms. The molecule has 1 rings (SSSR count). The molecule has 0 saturated carbocycles. The molecule has 1 aromatic rings. The van der Waals surface area contributed by atoms with Crippen LogP contribution < -0.4 is 11.1 Å². The number of nitrogens with two attached hydrogens (primary N) is 1. The lowest BCUT2D eigenvalue weighted by Crippen LogP contribution is -2.56. The largest absolute Gasteiger partial charge is 0.480 e. The number of carbonyl (C=O) groups is 2. The van der Waals surface area contributed by atoms with Gasteiger partial charge in [-0.15, -0.1) is 0 Å². The van der Waals surface area contributed by atoms with E-state index in [0.717, 1.165) is 12.0 Å². The van der Waals surface area contributed by atoms with E-state index in [1.165, 1.54) is 0 Å². The van der Waals surface area contributed by atoms with Gasteiger partial charge >= 0.3 is 5.97 Å². The van der Waals surface area contributed by atoms with Gasteiger partial charge in [-0.1, -0.05) is 43.7 Å². The summed E-state index contributed by atoms with van der Waals surface area (Å²) in [7, 11) is 0. The molecule has 0 aromatic heterocycles. The predicted molar refractivity (Wildman–Crippen MR) is 77.2 cm³/mol. The third kappa shape index (κ3) is 4.66. The summed E-state index contributed by atoms with van der Waals surface area (Å²) in [5.74, 6) is -1.49. The summed E-state index contributed by atoms with van der Waals surface area (Å²) in [4.78, 5) is 23.3. The molecule has 20 heavy (non-hydrogen) atoms. The quantitative estimate of drug-likeness (QED) is 0.701. The van der Waals surface area contributed by atoms with Crippen molar-refractivity contribution in [2.24, 2.45) is 5.73 Å². The fourth-order valence-corrected chi connectivity index (χ4v) is 2.01. The smallest absolute Gasteiger partial charge is 0.326 e. The highest BCUT2D eigenvalue weighted by molar-refractivity contribution is 5.89. The Balaban J connectivity index is 2.73. The maximum atomic E-state index is 12.1. The first-order valence-electron chi connectivity index (χ1n) is 6.73. The Bertz CT molecular complexity index is 457. The molecule has 1 unspecified atom stereocenters. The molecule has 2 atom stereocenters. The van der Waals surface area contributed by atoms with Gasteiger partial charge in [0.15, 0.2) is 0 Å². The highest BCUT2D eigenvalue weighted by Crippen LogP contribution is 2.10. The number of carboxylic acid groups (broad SMARTS) is 1. The molecular weight excluding hydrogens is 256 g/mol. The van der Waals surface area contributed by atoms with Crippen molar-refractivity contribution in [3.63, 3.8) is 0 Å². The van der Waals surface area contributed by atoms with Gasteiger partial charge < -0.3 is 16.2 Å². The van der Waals surface area contributed by atoms with Crippen LogP contribution >= 0.6 is 0 Å². The Labute approximate surface area is 119 Å². The van der Waals surface area contributed by atoms with Crippen LogP contribution in [0.5, 0.6) is 0 Å². The number of carboxylic acids is 1. The standard InChI is InChI=1S/C15H22N2O3/c1-3-9-15(2,16)14(20)17-12(13(18)19)10-11-7-5-4-6-8-11/h4-8,12H,3,9-10,16H2,1-2H3,(H,17,20)(H,18,19)/t12-,15?/m1/s1. The average Bonchev–Trinajstić information content (AvgIpc) is 2.38. The zero-order valence-electron chi connectivity index (χ0n) is 11.9. The fourth-order valence-electron chi connectivity index (χ4n) is 2.01. The monoisotopic (exact) mass is 278 g/mol. The van der Waals surface area contributed by atoms with Gasteiger partial charge in [0.2, 0.25) is 5.91 Å².